The van der Waals surface area contributed by atoms with Gasteiger partial charge in [0.1, 0.15) is 29.3 Å². The number of aromatic nitrogens is 4. The number of hydrogen-bond acceptors (Lipinski definition) is 10. The van der Waals surface area contributed by atoms with Crippen molar-refractivity contribution in [3.63, 3.8) is 0 Å². The Morgan fingerprint density at radius 2 is 1.29 bits per heavy atom. The number of halogens is 2. The first kappa shape index (κ1) is 38.1. The number of benzene rings is 3. The number of carbonyl (C=O) groups is 2. The van der Waals surface area contributed by atoms with E-state index >= 15 is 0 Å². The molecule has 0 fully saturated rings. The largest absolute Gasteiger partial charge is 0.453 e. The van der Waals surface area contributed by atoms with E-state index in [2.05, 4.69) is 25.6 Å². The smallest absolute Gasteiger partial charge is 0.269 e. The Bertz CT molecular complexity index is 2860. The number of amides is 2. The molecule has 7 aromatic rings. The molecule has 3 N–H and O–H groups in total. The molecule has 4 heterocycles. The minimum Gasteiger partial charge on any atom is -0.453 e. The molecule has 0 bridgehead atoms. The Hall–Kier alpha value is -7.63. The number of fused-ring (bicyclic) bond motifs is 2. The van der Waals surface area contributed by atoms with Crippen LogP contribution in [0.2, 0.25) is 0 Å². The lowest BCUT2D eigenvalue weighted by atomic mass is 10.2. The van der Waals surface area contributed by atoms with Gasteiger partial charge < -0.3 is 25.1 Å². The van der Waals surface area contributed by atoms with Gasteiger partial charge in [0.15, 0.2) is 28.8 Å². The van der Waals surface area contributed by atoms with Crippen molar-refractivity contribution in [2.24, 2.45) is 0 Å². The minimum atomic E-state index is -4.05. The monoisotopic (exact) mass is 774 g/mol. The molecule has 17 heteroatoms. The lowest BCUT2D eigenvalue weighted by Crippen LogP contribution is -2.12. The van der Waals surface area contributed by atoms with Crippen LogP contribution in [0.25, 0.3) is 22.1 Å². The molecule has 0 aliphatic heterocycles. The fraction of sp³-hybridized carbons (Fsp3) is 0.0769. The molecule has 3 aromatic carbocycles. The molecule has 56 heavy (non-hydrogen) atoms. The van der Waals surface area contributed by atoms with E-state index in [1.807, 2.05) is 19.1 Å². The second-order valence-corrected chi connectivity index (χ2v) is 13.8. The van der Waals surface area contributed by atoms with Crippen molar-refractivity contribution in [2.75, 3.05) is 10.6 Å². The first-order valence-electron chi connectivity index (χ1n) is 16.4. The standard InChI is InChI=1S/C23H17FN4O4S.C16H11FN4O2/c1-14-3-6-18(7-4-14)33(30,31)28-13-16(12-25)22-21(9-10-26-23(22)28)32-20-8-5-17(11-19(20)24)27-15(2)29;1-9(22)21-11-2-3-13(12(17)6-11)23-14-4-5-19-16-15(14)10(7-18)8-20-16/h3-11,13H,1-2H3,(H,27,29);2-6,8H,1H3,(H,19,20)(H,21,22). The molecule has 0 unspecified atom stereocenters. The van der Waals surface area contributed by atoms with Crippen molar-refractivity contribution in [1.29, 1.82) is 10.5 Å². The lowest BCUT2D eigenvalue weighted by Gasteiger charge is -2.11. The third-order valence-electron chi connectivity index (χ3n) is 7.92. The van der Waals surface area contributed by atoms with Gasteiger partial charge in [0, 0.05) is 62.1 Å². The molecule has 0 spiro atoms. The van der Waals surface area contributed by atoms with Gasteiger partial charge in [0.2, 0.25) is 11.8 Å². The number of aromatic amines is 1. The van der Waals surface area contributed by atoms with Gasteiger partial charge in [-0.1, -0.05) is 17.7 Å². The van der Waals surface area contributed by atoms with E-state index in [-0.39, 0.29) is 56.2 Å². The van der Waals surface area contributed by atoms with E-state index in [0.29, 0.717) is 28.0 Å². The molecule has 2 amide bonds. The molecule has 0 saturated carbocycles. The zero-order valence-electron chi connectivity index (χ0n) is 29.6. The van der Waals surface area contributed by atoms with Crippen LogP contribution < -0.4 is 20.1 Å². The molecule has 4 aromatic heterocycles. The molecular weight excluding hydrogens is 747 g/mol. The molecule has 0 atom stereocenters. The molecule has 7 rings (SSSR count). The highest BCUT2D eigenvalue weighted by Crippen LogP contribution is 2.36. The second kappa shape index (κ2) is 15.8. The number of nitrogens with zero attached hydrogens (tertiary/aromatic N) is 5. The zero-order valence-corrected chi connectivity index (χ0v) is 30.4. The summed E-state index contributed by atoms with van der Waals surface area (Å²) in [6, 6.07) is 21.2. The summed E-state index contributed by atoms with van der Waals surface area (Å²) in [4.78, 5) is 33.3. The van der Waals surface area contributed by atoms with Gasteiger partial charge in [-0.05, 0) is 55.5 Å². The topological polar surface area (TPSA) is 205 Å². The quantitative estimate of drug-likeness (QED) is 0.137. The van der Waals surface area contributed by atoms with E-state index in [4.69, 9.17) is 14.7 Å². The first-order chi connectivity index (χ1) is 26.8. The highest BCUT2D eigenvalue weighted by molar-refractivity contribution is 7.90. The van der Waals surface area contributed by atoms with Crippen molar-refractivity contribution in [3.05, 3.63) is 126 Å². The summed E-state index contributed by atoms with van der Waals surface area (Å²) in [5, 5.41) is 24.3. The number of carbonyl (C=O) groups excluding carboxylic acids is 2. The Morgan fingerprint density at radius 3 is 1.80 bits per heavy atom. The third kappa shape index (κ3) is 7.98. The summed E-state index contributed by atoms with van der Waals surface area (Å²) in [5.41, 5.74) is 2.29. The maximum absolute atomic E-state index is 14.6. The van der Waals surface area contributed by atoms with E-state index in [1.54, 1.807) is 18.2 Å². The van der Waals surface area contributed by atoms with Gasteiger partial charge in [0.05, 0.1) is 26.8 Å². The molecule has 0 saturated heterocycles. The molecule has 0 aliphatic rings. The lowest BCUT2D eigenvalue weighted by molar-refractivity contribution is -0.115. The maximum atomic E-state index is 14.6. The number of nitriles is 2. The fourth-order valence-corrected chi connectivity index (χ4v) is 6.76. The minimum absolute atomic E-state index is 0.000869. The van der Waals surface area contributed by atoms with Gasteiger partial charge in [-0.3, -0.25) is 9.59 Å². The van der Waals surface area contributed by atoms with Gasteiger partial charge in [-0.25, -0.2) is 31.1 Å². The van der Waals surface area contributed by atoms with E-state index in [0.717, 1.165) is 27.9 Å². The van der Waals surface area contributed by atoms with Crippen LogP contribution in [-0.2, 0) is 19.6 Å². The van der Waals surface area contributed by atoms with Crippen molar-refractivity contribution < 1.29 is 36.3 Å². The van der Waals surface area contributed by atoms with Crippen LogP contribution in [-0.4, -0.2) is 39.2 Å². The van der Waals surface area contributed by atoms with Crippen LogP contribution in [0.5, 0.6) is 23.0 Å². The SMILES string of the molecule is CC(=O)Nc1ccc(Oc2ccnc3[nH]cc(C#N)c23)c(F)c1.CC(=O)Nc1ccc(Oc2ccnc3c2c(C#N)cn3S(=O)(=O)c2ccc(C)cc2)c(F)c1. The number of ether oxygens (including phenoxy) is 2. The highest BCUT2D eigenvalue weighted by atomic mass is 32.2. The predicted octanol–water partition coefficient (Wildman–Crippen LogP) is 7.67. The number of hydrogen-bond donors (Lipinski definition) is 3. The summed E-state index contributed by atoms with van der Waals surface area (Å²) >= 11 is 0. The van der Waals surface area contributed by atoms with Gasteiger partial charge in [-0.15, -0.1) is 0 Å². The summed E-state index contributed by atoms with van der Waals surface area (Å²) in [5.74, 6) is -1.84. The number of H-pyrrole nitrogens is 1. The van der Waals surface area contributed by atoms with Crippen LogP contribution in [0.4, 0.5) is 20.2 Å². The Balaban J connectivity index is 0.000000202. The van der Waals surface area contributed by atoms with Crippen LogP contribution in [0.3, 0.4) is 0 Å². The molecule has 280 valence electrons. The maximum Gasteiger partial charge on any atom is 0.269 e. The zero-order chi connectivity index (χ0) is 40.1. The van der Waals surface area contributed by atoms with Gasteiger partial charge in [0.25, 0.3) is 10.0 Å². The first-order valence-corrected chi connectivity index (χ1v) is 17.8. The van der Waals surface area contributed by atoms with Crippen molar-refractivity contribution in [1.82, 2.24) is 18.9 Å². The van der Waals surface area contributed by atoms with Crippen LogP contribution >= 0.6 is 0 Å². The van der Waals surface area contributed by atoms with Crippen molar-refractivity contribution >= 4 is 55.3 Å². The summed E-state index contributed by atoms with van der Waals surface area (Å²) in [6.07, 6.45) is 5.49. The highest BCUT2D eigenvalue weighted by Gasteiger charge is 2.25. The number of anilines is 2. The van der Waals surface area contributed by atoms with Crippen LogP contribution in [0.15, 0.2) is 102 Å². The van der Waals surface area contributed by atoms with E-state index in [9.17, 15) is 32.0 Å². The second-order valence-electron chi connectivity index (χ2n) is 12.0. The van der Waals surface area contributed by atoms with E-state index in [1.165, 1.54) is 74.9 Å². The Morgan fingerprint density at radius 1 is 0.750 bits per heavy atom. The van der Waals surface area contributed by atoms with Gasteiger partial charge in [-0.2, -0.15) is 10.5 Å². The van der Waals surface area contributed by atoms with Crippen molar-refractivity contribution in [3.8, 4) is 35.1 Å². The average molecular weight is 775 g/mol. The van der Waals surface area contributed by atoms with Gasteiger partial charge >= 0.3 is 0 Å². The molecule has 0 aliphatic carbocycles. The molecule has 0 radical (unpaired) electrons. The average Bonchev–Trinajstić information content (AvgIpc) is 3.77. The Kier molecular flexibility index (Phi) is 10.7. The Labute approximate surface area is 317 Å². The number of aryl methyl sites for hydroxylation is 1. The summed E-state index contributed by atoms with van der Waals surface area (Å²) < 4.78 is 67.3. The van der Waals surface area contributed by atoms with Crippen LogP contribution in [0, 0.1) is 41.2 Å². The predicted molar refractivity (Wildman–Crippen MR) is 201 cm³/mol. The normalized spacial score (nSPS) is 10.8. The summed E-state index contributed by atoms with van der Waals surface area (Å²) in [7, 11) is -4.05. The van der Waals surface area contributed by atoms with E-state index < -0.39 is 21.7 Å². The number of nitrogens with one attached hydrogen (secondary N) is 3. The summed E-state index contributed by atoms with van der Waals surface area (Å²) in [6.45, 7) is 4.47. The number of pyridine rings is 2. The van der Waals surface area contributed by atoms with Crippen LogP contribution in [0.1, 0.15) is 30.5 Å². The number of rotatable bonds is 8. The van der Waals surface area contributed by atoms with Crippen molar-refractivity contribution in [2.45, 2.75) is 25.7 Å². The molecular formula is C39H28F2N8O6S. The third-order valence-corrected chi connectivity index (χ3v) is 9.58. The molecule has 14 nitrogen and oxygen atoms in total. The fourth-order valence-electron chi connectivity index (χ4n) is 5.44.